The highest BCUT2D eigenvalue weighted by atomic mass is 79.9. The third-order valence-electron chi connectivity index (χ3n) is 2.68. The Kier molecular flexibility index (Phi) is 4.86. The molecule has 20 heavy (non-hydrogen) atoms. The summed E-state index contributed by atoms with van der Waals surface area (Å²) >= 11 is 14.4. The van der Waals surface area contributed by atoms with Gasteiger partial charge < -0.3 is 15.8 Å². The largest absolute Gasteiger partial charge is 0.495 e. The lowest BCUT2D eigenvalue weighted by Crippen LogP contribution is -2.10. The van der Waals surface area contributed by atoms with Gasteiger partial charge in [-0.15, -0.1) is 0 Å². The molecule has 104 valence electrons. The molecule has 2 aromatic rings. The Hall–Kier alpha value is -1.30. The molecule has 0 aliphatic carbocycles. The minimum atomic E-state index is 0.351. The molecule has 0 bridgehead atoms. The fraction of sp³-hybridized carbons (Fsp3) is 0.0714. The smallest absolute Gasteiger partial charge is 0.142 e. The lowest BCUT2D eigenvalue weighted by atomic mass is 10.2. The Morgan fingerprint density at radius 1 is 1.30 bits per heavy atom. The molecule has 3 nitrogen and oxygen atoms in total. The number of benzene rings is 2. The van der Waals surface area contributed by atoms with Gasteiger partial charge in [-0.25, -0.2) is 0 Å². The van der Waals surface area contributed by atoms with E-state index in [1.807, 2.05) is 24.3 Å². The van der Waals surface area contributed by atoms with Gasteiger partial charge in [0, 0.05) is 20.7 Å². The molecule has 0 aliphatic rings. The van der Waals surface area contributed by atoms with Crippen LogP contribution in [-0.2, 0) is 0 Å². The van der Waals surface area contributed by atoms with Gasteiger partial charge in [-0.1, -0.05) is 23.8 Å². The zero-order chi connectivity index (χ0) is 14.7. The summed E-state index contributed by atoms with van der Waals surface area (Å²) in [4.78, 5) is 0.351. The van der Waals surface area contributed by atoms with Crippen molar-refractivity contribution >= 4 is 56.1 Å². The highest BCUT2D eigenvalue weighted by molar-refractivity contribution is 9.10. The molecule has 0 aromatic heterocycles. The minimum absolute atomic E-state index is 0.351. The predicted molar refractivity (Wildman–Crippen MR) is 91.3 cm³/mol. The van der Waals surface area contributed by atoms with Gasteiger partial charge in [-0.2, -0.15) is 0 Å². The highest BCUT2D eigenvalue weighted by Gasteiger charge is 2.07. The molecular formula is C14H12BrClN2OS. The number of anilines is 2. The van der Waals surface area contributed by atoms with Crippen molar-refractivity contribution in [2.75, 3.05) is 12.4 Å². The van der Waals surface area contributed by atoms with E-state index in [2.05, 4.69) is 21.2 Å². The normalized spacial score (nSPS) is 10.2. The minimum Gasteiger partial charge on any atom is -0.495 e. The Morgan fingerprint density at radius 2 is 2.05 bits per heavy atom. The number of nitrogens with one attached hydrogen (secondary N) is 1. The summed E-state index contributed by atoms with van der Waals surface area (Å²) in [5.41, 5.74) is 8.08. The summed E-state index contributed by atoms with van der Waals surface area (Å²) < 4.78 is 6.12. The second-order valence-corrected chi connectivity index (χ2v) is 5.76. The quantitative estimate of drug-likeness (QED) is 0.777. The van der Waals surface area contributed by atoms with E-state index in [9.17, 15) is 0 Å². The SMILES string of the molecule is COc1ccc(Cl)cc1Nc1ccc(C(N)=S)c(Br)c1. The van der Waals surface area contributed by atoms with Gasteiger partial charge in [0.2, 0.25) is 0 Å². The number of nitrogens with two attached hydrogens (primary N) is 1. The summed E-state index contributed by atoms with van der Waals surface area (Å²) in [6.45, 7) is 0. The van der Waals surface area contributed by atoms with E-state index in [4.69, 9.17) is 34.3 Å². The molecule has 0 heterocycles. The van der Waals surface area contributed by atoms with E-state index < -0.39 is 0 Å². The van der Waals surface area contributed by atoms with Crippen LogP contribution in [0.3, 0.4) is 0 Å². The molecule has 0 fully saturated rings. The molecule has 0 aliphatic heterocycles. The number of thiocarbonyl (C=S) groups is 1. The lowest BCUT2D eigenvalue weighted by Gasteiger charge is -2.13. The first-order valence-electron chi connectivity index (χ1n) is 5.71. The maximum Gasteiger partial charge on any atom is 0.142 e. The molecule has 0 saturated heterocycles. The number of halogens is 2. The molecule has 2 aromatic carbocycles. The van der Waals surface area contributed by atoms with Crippen molar-refractivity contribution in [2.24, 2.45) is 5.73 Å². The summed E-state index contributed by atoms with van der Waals surface area (Å²) in [6, 6.07) is 11.0. The van der Waals surface area contributed by atoms with Crippen LogP contribution in [0.2, 0.25) is 5.02 Å². The average Bonchev–Trinajstić information content (AvgIpc) is 2.38. The molecular weight excluding hydrogens is 360 g/mol. The summed E-state index contributed by atoms with van der Waals surface area (Å²) in [5, 5.41) is 3.88. The molecule has 6 heteroatoms. The van der Waals surface area contributed by atoms with Gasteiger partial charge in [-0.3, -0.25) is 0 Å². The predicted octanol–water partition coefficient (Wildman–Crippen LogP) is 4.49. The number of methoxy groups -OCH3 is 1. The number of ether oxygens (including phenoxy) is 1. The Balaban J connectivity index is 2.33. The fourth-order valence-corrected chi connectivity index (χ4v) is 2.80. The second-order valence-electron chi connectivity index (χ2n) is 4.03. The van der Waals surface area contributed by atoms with Crippen LogP contribution in [0, 0.1) is 0 Å². The third kappa shape index (κ3) is 3.42. The van der Waals surface area contributed by atoms with Crippen LogP contribution in [0.1, 0.15) is 5.56 Å². The van der Waals surface area contributed by atoms with Gasteiger partial charge in [0.05, 0.1) is 12.8 Å². The summed E-state index contributed by atoms with van der Waals surface area (Å²) in [6.07, 6.45) is 0. The topological polar surface area (TPSA) is 47.3 Å². The van der Waals surface area contributed by atoms with E-state index in [1.165, 1.54) is 0 Å². The monoisotopic (exact) mass is 370 g/mol. The van der Waals surface area contributed by atoms with Gasteiger partial charge >= 0.3 is 0 Å². The molecule has 0 amide bonds. The van der Waals surface area contributed by atoms with E-state index in [0.29, 0.717) is 15.8 Å². The molecule has 3 N–H and O–H groups in total. The first-order chi connectivity index (χ1) is 9.51. The first kappa shape index (κ1) is 15.1. The zero-order valence-electron chi connectivity index (χ0n) is 10.6. The van der Waals surface area contributed by atoms with Gasteiger partial charge in [0.15, 0.2) is 0 Å². The second kappa shape index (κ2) is 6.43. The van der Waals surface area contributed by atoms with Crippen molar-refractivity contribution in [1.29, 1.82) is 0 Å². The standard InChI is InChI=1S/C14H12BrClN2OS/c1-19-13-5-2-8(16)6-12(13)18-9-3-4-10(14(17)20)11(15)7-9/h2-7,18H,1H3,(H2,17,20). The van der Waals surface area contributed by atoms with E-state index in [-0.39, 0.29) is 0 Å². The van der Waals surface area contributed by atoms with Crippen LogP contribution in [-0.4, -0.2) is 12.1 Å². The van der Waals surface area contributed by atoms with Crippen LogP contribution in [0.25, 0.3) is 0 Å². The van der Waals surface area contributed by atoms with Gasteiger partial charge in [0.25, 0.3) is 0 Å². The van der Waals surface area contributed by atoms with E-state index >= 15 is 0 Å². The van der Waals surface area contributed by atoms with E-state index in [1.54, 1.807) is 19.2 Å². The fourth-order valence-electron chi connectivity index (χ4n) is 1.73. The van der Waals surface area contributed by atoms with Crippen LogP contribution >= 0.6 is 39.7 Å². The van der Waals surface area contributed by atoms with E-state index in [0.717, 1.165) is 21.4 Å². The maximum atomic E-state index is 6.00. The van der Waals surface area contributed by atoms with Crippen LogP contribution < -0.4 is 15.8 Å². The van der Waals surface area contributed by atoms with Crippen molar-refractivity contribution in [2.45, 2.75) is 0 Å². The molecule has 0 radical (unpaired) electrons. The lowest BCUT2D eigenvalue weighted by molar-refractivity contribution is 0.417. The third-order valence-corrected chi connectivity index (χ3v) is 3.79. The van der Waals surface area contributed by atoms with Crippen molar-refractivity contribution in [1.82, 2.24) is 0 Å². The van der Waals surface area contributed by atoms with Crippen molar-refractivity contribution in [3.8, 4) is 5.75 Å². The summed E-state index contributed by atoms with van der Waals surface area (Å²) in [7, 11) is 1.61. The first-order valence-corrected chi connectivity index (χ1v) is 7.29. The molecule has 0 spiro atoms. The number of hydrogen-bond donors (Lipinski definition) is 2. The number of rotatable bonds is 4. The maximum absolute atomic E-state index is 6.00. The molecule has 0 unspecified atom stereocenters. The Morgan fingerprint density at radius 3 is 2.65 bits per heavy atom. The van der Waals surface area contributed by atoms with Crippen LogP contribution in [0.5, 0.6) is 5.75 Å². The van der Waals surface area contributed by atoms with Crippen molar-refractivity contribution in [3.63, 3.8) is 0 Å². The van der Waals surface area contributed by atoms with Crippen LogP contribution in [0.4, 0.5) is 11.4 Å². The zero-order valence-corrected chi connectivity index (χ0v) is 13.8. The highest BCUT2D eigenvalue weighted by Crippen LogP contribution is 2.31. The van der Waals surface area contributed by atoms with Crippen molar-refractivity contribution in [3.05, 3.63) is 51.5 Å². The van der Waals surface area contributed by atoms with Crippen LogP contribution in [0.15, 0.2) is 40.9 Å². The molecule has 0 saturated carbocycles. The Labute approximate surface area is 136 Å². The summed E-state index contributed by atoms with van der Waals surface area (Å²) in [5.74, 6) is 0.712. The Bertz CT molecular complexity index is 664. The molecule has 0 atom stereocenters. The average molecular weight is 372 g/mol. The molecule has 2 rings (SSSR count). The number of hydrogen-bond acceptors (Lipinski definition) is 3. The van der Waals surface area contributed by atoms with Gasteiger partial charge in [0.1, 0.15) is 10.7 Å². The van der Waals surface area contributed by atoms with Crippen molar-refractivity contribution < 1.29 is 4.74 Å². The van der Waals surface area contributed by atoms with Gasteiger partial charge in [-0.05, 0) is 52.3 Å².